The maximum atomic E-state index is 11.9. The molecule has 1 amide bonds. The van der Waals surface area contributed by atoms with E-state index >= 15 is 0 Å². The summed E-state index contributed by atoms with van der Waals surface area (Å²) in [5.41, 5.74) is 0. The highest BCUT2D eigenvalue weighted by Gasteiger charge is 2.33. The van der Waals surface area contributed by atoms with Gasteiger partial charge in [0.1, 0.15) is 6.04 Å². The normalized spacial score (nSPS) is 23.6. The van der Waals surface area contributed by atoms with Crippen molar-refractivity contribution < 1.29 is 14.7 Å². The molecule has 0 spiro atoms. The fraction of sp³-hybridized carbons (Fsp3) is 0.769. The third-order valence-electron chi connectivity index (χ3n) is 3.58. The van der Waals surface area contributed by atoms with E-state index in [0.29, 0.717) is 31.8 Å². The number of hydrogen-bond acceptors (Lipinski definition) is 4. The van der Waals surface area contributed by atoms with Crippen LogP contribution in [0, 0.1) is 17.2 Å². The predicted molar refractivity (Wildman–Crippen MR) is 69.3 cm³/mol. The minimum atomic E-state index is -0.862. The van der Waals surface area contributed by atoms with E-state index in [1.54, 1.807) is 11.9 Å². The molecule has 0 bridgehead atoms. The number of carbonyl (C=O) groups excluding carboxylic acids is 1. The van der Waals surface area contributed by atoms with Gasteiger partial charge < -0.3 is 10.0 Å². The van der Waals surface area contributed by atoms with Crippen molar-refractivity contribution in [2.45, 2.75) is 32.2 Å². The van der Waals surface area contributed by atoms with E-state index in [9.17, 15) is 14.7 Å². The predicted octanol–water partition coefficient (Wildman–Crippen LogP) is 0.544. The number of carbonyl (C=O) groups is 2. The van der Waals surface area contributed by atoms with Gasteiger partial charge >= 0.3 is 5.97 Å². The third kappa shape index (κ3) is 4.52. The number of likely N-dealkylation sites (N-methyl/N-ethyl adjacent to an activating group) is 1. The zero-order valence-corrected chi connectivity index (χ0v) is 11.5. The van der Waals surface area contributed by atoms with Gasteiger partial charge in [0.2, 0.25) is 5.91 Å². The van der Waals surface area contributed by atoms with Crippen LogP contribution in [0.5, 0.6) is 0 Å². The Labute approximate surface area is 113 Å². The zero-order valence-electron chi connectivity index (χ0n) is 11.5. The molecule has 1 aliphatic heterocycles. The Morgan fingerprint density at radius 2 is 2.21 bits per heavy atom. The van der Waals surface area contributed by atoms with E-state index in [1.807, 2.05) is 13.0 Å². The number of carboxylic acid groups (broad SMARTS) is 1. The van der Waals surface area contributed by atoms with Gasteiger partial charge in [-0.05, 0) is 25.3 Å². The summed E-state index contributed by atoms with van der Waals surface area (Å²) in [6.07, 6.45) is 1.80. The maximum Gasteiger partial charge on any atom is 0.320 e. The topological polar surface area (TPSA) is 84.6 Å². The molecular weight excluding hydrogens is 246 g/mol. The fourth-order valence-corrected chi connectivity index (χ4v) is 2.27. The van der Waals surface area contributed by atoms with Gasteiger partial charge in [0.15, 0.2) is 0 Å². The van der Waals surface area contributed by atoms with Gasteiger partial charge in [0.25, 0.3) is 0 Å². The molecule has 1 fully saturated rings. The Balaban J connectivity index is 2.56. The standard InChI is InChI=1S/C13H21N3O3/c1-10-4-7-16(11(8-10)13(18)19)9-12(17)15(2)6-3-5-14/h10-11H,3-4,6-9H2,1-2H3,(H,18,19). The average Bonchev–Trinajstić information content (AvgIpc) is 2.37. The van der Waals surface area contributed by atoms with Gasteiger partial charge in [0, 0.05) is 13.6 Å². The van der Waals surface area contributed by atoms with Crippen molar-refractivity contribution in [3.05, 3.63) is 0 Å². The molecule has 1 heterocycles. The monoisotopic (exact) mass is 267 g/mol. The van der Waals surface area contributed by atoms with Crippen LogP contribution in [0.4, 0.5) is 0 Å². The summed E-state index contributed by atoms with van der Waals surface area (Å²) in [5, 5.41) is 17.7. The molecule has 2 atom stereocenters. The van der Waals surface area contributed by atoms with E-state index in [1.165, 1.54) is 4.90 Å². The number of hydrogen-bond donors (Lipinski definition) is 1. The molecule has 106 valence electrons. The number of rotatable bonds is 5. The highest BCUT2D eigenvalue weighted by Crippen LogP contribution is 2.22. The van der Waals surface area contributed by atoms with Crippen LogP contribution >= 0.6 is 0 Å². The van der Waals surface area contributed by atoms with Crippen molar-refractivity contribution in [1.29, 1.82) is 5.26 Å². The number of amides is 1. The lowest BCUT2D eigenvalue weighted by molar-refractivity contribution is -0.147. The average molecular weight is 267 g/mol. The van der Waals surface area contributed by atoms with Crippen molar-refractivity contribution in [3.63, 3.8) is 0 Å². The lowest BCUT2D eigenvalue weighted by Gasteiger charge is -2.36. The number of likely N-dealkylation sites (tertiary alicyclic amines) is 1. The minimum Gasteiger partial charge on any atom is -0.480 e. The van der Waals surface area contributed by atoms with Crippen LogP contribution in [-0.4, -0.2) is 59.5 Å². The van der Waals surface area contributed by atoms with Crippen molar-refractivity contribution in [1.82, 2.24) is 9.80 Å². The highest BCUT2D eigenvalue weighted by molar-refractivity contribution is 5.80. The van der Waals surface area contributed by atoms with Crippen LogP contribution in [0.2, 0.25) is 0 Å². The smallest absolute Gasteiger partial charge is 0.320 e. The fourth-order valence-electron chi connectivity index (χ4n) is 2.27. The van der Waals surface area contributed by atoms with Crippen molar-refractivity contribution in [2.24, 2.45) is 5.92 Å². The van der Waals surface area contributed by atoms with Crippen LogP contribution in [-0.2, 0) is 9.59 Å². The van der Waals surface area contributed by atoms with E-state index < -0.39 is 12.0 Å². The lowest BCUT2D eigenvalue weighted by atomic mass is 9.92. The summed E-state index contributed by atoms with van der Waals surface area (Å²) in [4.78, 5) is 26.4. The molecule has 19 heavy (non-hydrogen) atoms. The van der Waals surface area contributed by atoms with Gasteiger partial charge in [0.05, 0.1) is 19.0 Å². The molecule has 0 saturated carbocycles. The molecule has 0 aromatic rings. The van der Waals surface area contributed by atoms with Crippen molar-refractivity contribution in [3.8, 4) is 6.07 Å². The summed E-state index contributed by atoms with van der Waals surface area (Å²) >= 11 is 0. The first kappa shape index (κ1) is 15.4. The molecular formula is C13H21N3O3. The summed E-state index contributed by atoms with van der Waals surface area (Å²) in [7, 11) is 1.64. The quantitative estimate of drug-likeness (QED) is 0.786. The second-order valence-corrected chi connectivity index (χ2v) is 5.18. The number of carboxylic acids is 1. The van der Waals surface area contributed by atoms with Gasteiger partial charge in [-0.2, -0.15) is 5.26 Å². The first-order chi connectivity index (χ1) is 8.95. The molecule has 6 nitrogen and oxygen atoms in total. The van der Waals surface area contributed by atoms with E-state index in [2.05, 4.69) is 0 Å². The molecule has 1 rings (SSSR count). The number of piperidine rings is 1. The van der Waals surface area contributed by atoms with Crippen LogP contribution in [0.3, 0.4) is 0 Å². The van der Waals surface area contributed by atoms with Crippen molar-refractivity contribution in [2.75, 3.05) is 26.7 Å². The van der Waals surface area contributed by atoms with E-state index in [0.717, 1.165) is 6.42 Å². The Morgan fingerprint density at radius 3 is 2.79 bits per heavy atom. The molecule has 1 N–H and O–H groups in total. The number of aliphatic carboxylic acids is 1. The zero-order chi connectivity index (χ0) is 14.4. The van der Waals surface area contributed by atoms with Crippen LogP contribution in [0.15, 0.2) is 0 Å². The van der Waals surface area contributed by atoms with E-state index in [-0.39, 0.29) is 12.5 Å². The Bertz CT molecular complexity index is 378. The molecule has 1 aliphatic rings. The van der Waals surface area contributed by atoms with Crippen LogP contribution < -0.4 is 0 Å². The van der Waals surface area contributed by atoms with Gasteiger partial charge in [-0.15, -0.1) is 0 Å². The molecule has 0 radical (unpaired) electrons. The second-order valence-electron chi connectivity index (χ2n) is 5.18. The maximum absolute atomic E-state index is 11.9. The van der Waals surface area contributed by atoms with Gasteiger partial charge in [-0.1, -0.05) is 6.92 Å². The summed E-state index contributed by atoms with van der Waals surface area (Å²) < 4.78 is 0. The van der Waals surface area contributed by atoms with Gasteiger partial charge in [-0.3, -0.25) is 14.5 Å². The number of nitrogens with zero attached hydrogens (tertiary/aromatic N) is 3. The minimum absolute atomic E-state index is 0.117. The highest BCUT2D eigenvalue weighted by atomic mass is 16.4. The summed E-state index contributed by atoms with van der Waals surface area (Å²) in [6, 6.07) is 1.42. The van der Waals surface area contributed by atoms with Crippen LogP contribution in [0.1, 0.15) is 26.2 Å². The van der Waals surface area contributed by atoms with Crippen molar-refractivity contribution >= 4 is 11.9 Å². The molecule has 1 saturated heterocycles. The van der Waals surface area contributed by atoms with E-state index in [4.69, 9.17) is 5.26 Å². The Morgan fingerprint density at radius 1 is 1.53 bits per heavy atom. The molecule has 0 aromatic heterocycles. The van der Waals surface area contributed by atoms with Gasteiger partial charge in [-0.25, -0.2) is 0 Å². The largest absolute Gasteiger partial charge is 0.480 e. The summed E-state index contributed by atoms with van der Waals surface area (Å²) in [6.45, 7) is 3.17. The third-order valence-corrected chi connectivity index (χ3v) is 3.58. The molecule has 2 unspecified atom stereocenters. The first-order valence-corrected chi connectivity index (χ1v) is 6.53. The molecule has 6 heteroatoms. The summed E-state index contributed by atoms with van der Waals surface area (Å²) in [5.74, 6) is -0.612. The Kier molecular flexibility index (Phi) is 5.77. The number of nitriles is 1. The molecule has 0 aliphatic carbocycles. The lowest BCUT2D eigenvalue weighted by Crippen LogP contribution is -2.50. The SMILES string of the molecule is CC1CCN(CC(=O)N(C)CCC#N)C(C(=O)O)C1. The Hall–Kier alpha value is -1.61. The molecule has 0 aromatic carbocycles. The second kappa shape index (κ2) is 7.10. The first-order valence-electron chi connectivity index (χ1n) is 6.53. The van der Waals surface area contributed by atoms with Crippen LogP contribution in [0.25, 0.3) is 0 Å².